The second-order valence-electron chi connectivity index (χ2n) is 7.57. The van der Waals surface area contributed by atoms with Gasteiger partial charge in [-0.3, -0.25) is 9.18 Å². The minimum atomic E-state index is -2.92. The number of nitrogens with one attached hydrogen (secondary N) is 1. The summed E-state index contributed by atoms with van der Waals surface area (Å²) in [5.41, 5.74) is -0.575. The highest BCUT2D eigenvalue weighted by Gasteiger charge is 2.39. The summed E-state index contributed by atoms with van der Waals surface area (Å²) in [6, 6.07) is 3.19. The van der Waals surface area contributed by atoms with Crippen LogP contribution in [0.4, 0.5) is 10.1 Å². The van der Waals surface area contributed by atoms with Gasteiger partial charge in [-0.2, -0.15) is 0 Å². The minimum absolute atomic E-state index is 0.0176. The summed E-state index contributed by atoms with van der Waals surface area (Å²) in [5, 5.41) is 2.75. The van der Waals surface area contributed by atoms with Crippen molar-refractivity contribution < 1.29 is 30.9 Å². The number of anilines is 1. The third-order valence-electron chi connectivity index (χ3n) is 5.48. The summed E-state index contributed by atoms with van der Waals surface area (Å²) in [6.07, 6.45) is 0.731. The molecule has 1 fully saturated rings. The second kappa shape index (κ2) is 11.3. The van der Waals surface area contributed by atoms with Crippen LogP contribution in [0.2, 0.25) is 0 Å². The van der Waals surface area contributed by atoms with Crippen molar-refractivity contribution in [1.29, 1.82) is 0 Å². The number of hydrogen-bond acceptors (Lipinski definition) is 7. The first-order valence-electron chi connectivity index (χ1n) is 11.6. The van der Waals surface area contributed by atoms with Crippen LogP contribution in [0, 0.1) is 5.92 Å². The van der Waals surface area contributed by atoms with Crippen molar-refractivity contribution in [3.63, 3.8) is 0 Å². The molecular weight excluding hydrogens is 405 g/mol. The zero-order valence-electron chi connectivity index (χ0n) is 20.9. The highest BCUT2D eigenvalue weighted by molar-refractivity contribution is 5.97. The van der Waals surface area contributed by atoms with E-state index in [1.165, 1.54) is 13.0 Å². The van der Waals surface area contributed by atoms with Crippen LogP contribution in [0.15, 0.2) is 12.1 Å². The monoisotopic (exact) mass is 441 g/mol. The van der Waals surface area contributed by atoms with Crippen molar-refractivity contribution in [3.05, 3.63) is 17.8 Å². The Morgan fingerprint density at radius 2 is 2.03 bits per heavy atom. The van der Waals surface area contributed by atoms with Gasteiger partial charge in [0.2, 0.25) is 5.88 Å². The predicted octanol–water partition coefficient (Wildman–Crippen LogP) is 2.75. The molecule has 0 radical (unpaired) electrons. The van der Waals surface area contributed by atoms with Crippen LogP contribution in [0.25, 0.3) is 0 Å². The highest BCUT2D eigenvalue weighted by Crippen LogP contribution is 2.31. The van der Waals surface area contributed by atoms with E-state index < -0.39 is 30.0 Å². The van der Waals surface area contributed by atoms with Gasteiger partial charge in [-0.1, -0.05) is 20.8 Å². The van der Waals surface area contributed by atoms with Crippen LogP contribution in [-0.2, 0) is 14.3 Å². The average Bonchev–Trinajstić information content (AvgIpc) is 2.74. The minimum Gasteiger partial charge on any atom is -0.476 e. The van der Waals surface area contributed by atoms with Gasteiger partial charge in [0.25, 0.3) is 5.91 Å². The first-order chi connectivity index (χ1) is 15.5. The van der Waals surface area contributed by atoms with Gasteiger partial charge in [0.15, 0.2) is 0 Å². The van der Waals surface area contributed by atoms with E-state index in [9.17, 15) is 14.0 Å². The smallest absolute Gasteiger partial charge is 0.331 e. The van der Waals surface area contributed by atoms with E-state index in [0.29, 0.717) is 31.6 Å². The number of halogens is 1. The molecule has 0 saturated carbocycles. The summed E-state index contributed by atoms with van der Waals surface area (Å²) in [7, 11) is 1.62. The molecule has 1 aliphatic heterocycles. The first-order valence-corrected chi connectivity index (χ1v) is 10.6. The number of methoxy groups -OCH3 is 1. The molecule has 1 saturated heterocycles. The number of rotatable bonds is 12. The summed E-state index contributed by atoms with van der Waals surface area (Å²) in [4.78, 5) is 31.8. The van der Waals surface area contributed by atoms with Crippen molar-refractivity contribution in [3.8, 4) is 5.88 Å². The Balaban J connectivity index is 2.29. The van der Waals surface area contributed by atoms with Gasteiger partial charge in [0.05, 0.1) is 28.7 Å². The average molecular weight is 442 g/mol. The largest absolute Gasteiger partial charge is 0.476 e. The third-order valence-corrected chi connectivity index (χ3v) is 5.48. The Labute approximate surface area is 186 Å². The number of hydrogen-bond donors (Lipinski definition) is 1. The number of amides is 1. The van der Waals surface area contributed by atoms with Crippen LogP contribution in [0.3, 0.4) is 0 Å². The van der Waals surface area contributed by atoms with E-state index in [2.05, 4.69) is 10.3 Å². The standard InChI is InChI=1S/C22H34FN3O5/c1-6-22(7-2,21(28)30-8-3)25-19(27)17-9-10-18(26-12-16(13-26)29-5)20(24-17)31-14-15(4)11-23/h9-10,15-16H,6-8,11-14H2,1-5H3,(H,25,27)/i11D2. The number of carbonyl (C=O) groups excluding carboxylic acids is 2. The van der Waals surface area contributed by atoms with Crippen LogP contribution in [0.5, 0.6) is 5.88 Å². The first kappa shape index (κ1) is 21.8. The van der Waals surface area contributed by atoms with E-state index in [-0.39, 0.29) is 30.9 Å². The van der Waals surface area contributed by atoms with Gasteiger partial charge < -0.3 is 24.4 Å². The van der Waals surface area contributed by atoms with Gasteiger partial charge in [-0.25, -0.2) is 9.78 Å². The molecule has 1 atom stereocenters. The molecule has 2 rings (SSSR count). The maximum atomic E-state index is 13.6. The number of esters is 1. The molecular formula is C22H34FN3O5. The molecule has 2 heterocycles. The lowest BCUT2D eigenvalue weighted by molar-refractivity contribution is -0.151. The fourth-order valence-corrected chi connectivity index (χ4v) is 3.24. The Hall–Kier alpha value is -2.42. The lowest BCUT2D eigenvalue weighted by atomic mass is 9.92. The van der Waals surface area contributed by atoms with E-state index in [0.717, 1.165) is 0 Å². The molecule has 1 N–H and O–H groups in total. The molecule has 0 aliphatic carbocycles. The fourth-order valence-electron chi connectivity index (χ4n) is 3.24. The van der Waals surface area contributed by atoms with E-state index in [1.807, 2.05) is 4.90 Å². The zero-order chi connectivity index (χ0) is 24.8. The normalized spacial score (nSPS) is 16.6. The number of aromatic nitrogens is 1. The molecule has 8 nitrogen and oxygen atoms in total. The van der Waals surface area contributed by atoms with Crippen molar-refractivity contribution in [2.75, 3.05) is 44.9 Å². The lowest BCUT2D eigenvalue weighted by Gasteiger charge is -2.40. The Morgan fingerprint density at radius 1 is 1.35 bits per heavy atom. The van der Waals surface area contributed by atoms with Crippen LogP contribution in [0.1, 0.15) is 53.8 Å². The molecule has 1 aromatic rings. The van der Waals surface area contributed by atoms with Gasteiger partial charge in [-0.15, -0.1) is 0 Å². The van der Waals surface area contributed by atoms with Crippen molar-refractivity contribution >= 4 is 17.6 Å². The Bertz CT molecular complexity index is 827. The van der Waals surface area contributed by atoms with E-state index in [1.54, 1.807) is 33.9 Å². The molecule has 0 aromatic carbocycles. The Kier molecular flexibility index (Phi) is 7.93. The Morgan fingerprint density at radius 3 is 2.58 bits per heavy atom. The van der Waals surface area contributed by atoms with E-state index in [4.69, 9.17) is 17.0 Å². The van der Waals surface area contributed by atoms with Crippen LogP contribution in [-0.4, -0.2) is 68.5 Å². The number of ether oxygens (including phenoxy) is 3. The number of alkyl halides is 1. The molecule has 9 heteroatoms. The molecule has 0 bridgehead atoms. The highest BCUT2D eigenvalue weighted by atomic mass is 19.1. The summed E-state index contributed by atoms with van der Waals surface area (Å²) >= 11 is 0. The number of carbonyl (C=O) groups is 2. The van der Waals surface area contributed by atoms with Gasteiger partial charge in [-0.05, 0) is 31.9 Å². The van der Waals surface area contributed by atoms with E-state index >= 15 is 0 Å². The zero-order valence-corrected chi connectivity index (χ0v) is 18.9. The fraction of sp³-hybridized carbons (Fsp3) is 0.682. The summed E-state index contributed by atoms with van der Waals surface area (Å²) < 4.78 is 44.2. The van der Waals surface area contributed by atoms with Gasteiger partial charge in [0, 0.05) is 26.1 Å². The molecule has 1 aliphatic rings. The number of pyridine rings is 1. The second-order valence-corrected chi connectivity index (χ2v) is 7.57. The maximum Gasteiger partial charge on any atom is 0.331 e. The molecule has 174 valence electrons. The SMILES string of the molecule is [2H]C([2H])(F)C(C)COc1nc(C(=O)NC(CC)(CC)C(=O)OCC)ccc1N1CC(OC)C1. The van der Waals surface area contributed by atoms with Crippen molar-refractivity contribution in [2.24, 2.45) is 5.92 Å². The quantitative estimate of drug-likeness (QED) is 0.499. The van der Waals surface area contributed by atoms with Gasteiger partial charge in [0.1, 0.15) is 16.9 Å². The van der Waals surface area contributed by atoms with Gasteiger partial charge >= 0.3 is 5.97 Å². The summed E-state index contributed by atoms with van der Waals surface area (Å²) in [5.74, 6) is -2.05. The molecule has 1 amide bonds. The molecule has 0 spiro atoms. The molecule has 1 unspecified atom stereocenters. The van der Waals surface area contributed by atoms with Crippen LogP contribution >= 0.6 is 0 Å². The topological polar surface area (TPSA) is 90.0 Å². The molecule has 31 heavy (non-hydrogen) atoms. The lowest BCUT2D eigenvalue weighted by Crippen LogP contribution is -2.54. The van der Waals surface area contributed by atoms with Crippen molar-refractivity contribution in [2.45, 2.75) is 52.2 Å². The summed E-state index contributed by atoms with van der Waals surface area (Å²) in [6.45, 7) is 4.85. The van der Waals surface area contributed by atoms with Crippen LogP contribution < -0.4 is 15.0 Å². The molecule has 1 aromatic heterocycles. The number of nitrogens with zero attached hydrogens (tertiary/aromatic N) is 2. The maximum absolute atomic E-state index is 13.6. The van der Waals surface area contributed by atoms with Crippen molar-refractivity contribution in [1.82, 2.24) is 10.3 Å². The third kappa shape index (κ3) is 5.84. The predicted molar refractivity (Wildman–Crippen MR) is 115 cm³/mol.